The Hall–Kier alpha value is -0.280. The normalized spacial score (nSPS) is 37.3. The number of ether oxygens (including phenoxy) is 2. The van der Waals surface area contributed by atoms with E-state index in [4.69, 9.17) is 19.7 Å². The highest BCUT2D eigenvalue weighted by Gasteiger charge is 2.43. The van der Waals surface area contributed by atoms with Crippen LogP contribution in [0.4, 0.5) is 0 Å². The summed E-state index contributed by atoms with van der Waals surface area (Å²) in [6, 6.07) is 0. The van der Waals surface area contributed by atoms with Gasteiger partial charge in [0.2, 0.25) is 0 Å². The van der Waals surface area contributed by atoms with E-state index in [9.17, 15) is 15.3 Å². The van der Waals surface area contributed by atoms with Crippen LogP contribution < -0.4 is 0 Å². The zero-order chi connectivity index (χ0) is 14.4. The molecule has 0 radical (unpaired) electrons. The second-order valence-corrected chi connectivity index (χ2v) is 4.91. The van der Waals surface area contributed by atoms with Crippen molar-refractivity contribution in [2.24, 2.45) is 0 Å². The molecule has 5 N–H and O–H groups in total. The molecule has 6 atom stereocenters. The first-order valence-corrected chi connectivity index (χ1v) is 6.57. The van der Waals surface area contributed by atoms with Crippen LogP contribution in [0.1, 0.15) is 26.2 Å². The SMILES string of the molecule is C[C@H](O)CCCCO[C@@H]1O[C@H](CO)[C@H](O)[C@H](O)[C@H]1O. The van der Waals surface area contributed by atoms with E-state index in [0.717, 1.165) is 6.42 Å². The van der Waals surface area contributed by atoms with Gasteiger partial charge in [0.1, 0.15) is 24.4 Å². The number of hydrogen-bond donors (Lipinski definition) is 5. The van der Waals surface area contributed by atoms with E-state index in [2.05, 4.69) is 0 Å². The van der Waals surface area contributed by atoms with Crippen LogP contribution in [0.2, 0.25) is 0 Å². The van der Waals surface area contributed by atoms with Gasteiger partial charge in [-0.1, -0.05) is 0 Å². The summed E-state index contributed by atoms with van der Waals surface area (Å²) < 4.78 is 10.5. The summed E-state index contributed by atoms with van der Waals surface area (Å²) >= 11 is 0. The Morgan fingerprint density at radius 3 is 2.37 bits per heavy atom. The van der Waals surface area contributed by atoms with Gasteiger partial charge in [0, 0.05) is 6.61 Å². The molecule has 7 heteroatoms. The first-order valence-electron chi connectivity index (χ1n) is 6.57. The summed E-state index contributed by atoms with van der Waals surface area (Å²) in [6.45, 7) is 1.54. The Bertz CT molecular complexity index is 246. The molecule has 1 aliphatic rings. The standard InChI is InChI=1S/C12H24O7/c1-7(14)4-2-3-5-18-12-11(17)10(16)9(15)8(6-13)19-12/h7-17H,2-6H2,1H3/t7-,8+,9-,10-,11+,12+/m0/s1. The van der Waals surface area contributed by atoms with Gasteiger partial charge >= 0.3 is 0 Å². The molecule has 1 heterocycles. The highest BCUT2D eigenvalue weighted by atomic mass is 16.7. The Labute approximate surface area is 112 Å². The molecule has 0 aromatic heterocycles. The Morgan fingerprint density at radius 1 is 1.11 bits per heavy atom. The molecule has 0 aromatic rings. The van der Waals surface area contributed by atoms with Crippen LogP contribution in [0.15, 0.2) is 0 Å². The fourth-order valence-electron chi connectivity index (χ4n) is 1.95. The first-order chi connectivity index (χ1) is 8.97. The lowest BCUT2D eigenvalue weighted by Gasteiger charge is -2.39. The number of aliphatic hydroxyl groups excluding tert-OH is 5. The Morgan fingerprint density at radius 2 is 1.79 bits per heavy atom. The van der Waals surface area contributed by atoms with Crippen LogP contribution in [-0.2, 0) is 9.47 Å². The average molecular weight is 280 g/mol. The number of aliphatic hydroxyl groups is 5. The summed E-state index contributed by atoms with van der Waals surface area (Å²) in [6.07, 6.45) is -4.37. The molecule has 0 amide bonds. The van der Waals surface area contributed by atoms with Gasteiger partial charge in [-0.2, -0.15) is 0 Å². The summed E-state index contributed by atoms with van der Waals surface area (Å²) in [5, 5.41) is 46.9. The summed E-state index contributed by atoms with van der Waals surface area (Å²) in [5.41, 5.74) is 0. The number of unbranched alkanes of at least 4 members (excludes halogenated alkanes) is 1. The molecule has 0 spiro atoms. The van der Waals surface area contributed by atoms with Gasteiger partial charge in [0.05, 0.1) is 12.7 Å². The predicted molar refractivity (Wildman–Crippen MR) is 65.3 cm³/mol. The maximum Gasteiger partial charge on any atom is 0.186 e. The molecule has 0 bridgehead atoms. The fraction of sp³-hybridized carbons (Fsp3) is 1.00. The van der Waals surface area contributed by atoms with Crippen LogP contribution in [0.25, 0.3) is 0 Å². The van der Waals surface area contributed by atoms with Crippen molar-refractivity contribution in [1.29, 1.82) is 0 Å². The second kappa shape index (κ2) is 8.11. The van der Waals surface area contributed by atoms with Crippen LogP contribution in [0, 0.1) is 0 Å². The number of hydrogen-bond acceptors (Lipinski definition) is 7. The maximum absolute atomic E-state index is 9.68. The monoisotopic (exact) mass is 280 g/mol. The largest absolute Gasteiger partial charge is 0.394 e. The molecule has 0 saturated carbocycles. The van der Waals surface area contributed by atoms with Gasteiger partial charge in [0.15, 0.2) is 6.29 Å². The van der Waals surface area contributed by atoms with Gasteiger partial charge in [0.25, 0.3) is 0 Å². The topological polar surface area (TPSA) is 120 Å². The fourth-order valence-corrected chi connectivity index (χ4v) is 1.95. The quantitative estimate of drug-likeness (QED) is 0.355. The third-order valence-corrected chi connectivity index (χ3v) is 3.15. The van der Waals surface area contributed by atoms with E-state index < -0.39 is 37.3 Å². The molecule has 7 nitrogen and oxygen atoms in total. The van der Waals surface area contributed by atoms with E-state index in [1.165, 1.54) is 0 Å². The van der Waals surface area contributed by atoms with Crippen molar-refractivity contribution in [2.75, 3.05) is 13.2 Å². The lowest BCUT2D eigenvalue weighted by molar-refractivity contribution is -0.301. The zero-order valence-corrected chi connectivity index (χ0v) is 11.1. The van der Waals surface area contributed by atoms with Crippen molar-refractivity contribution in [2.45, 2.75) is 63.0 Å². The third kappa shape index (κ3) is 4.96. The van der Waals surface area contributed by atoms with Crippen LogP contribution in [0.5, 0.6) is 0 Å². The van der Waals surface area contributed by atoms with Crippen molar-refractivity contribution >= 4 is 0 Å². The predicted octanol–water partition coefficient (Wildman–Crippen LogP) is -1.65. The maximum atomic E-state index is 9.68. The van der Waals surface area contributed by atoms with Gasteiger partial charge in [-0.25, -0.2) is 0 Å². The molecule has 114 valence electrons. The van der Waals surface area contributed by atoms with Gasteiger partial charge in [-0.05, 0) is 26.2 Å². The van der Waals surface area contributed by atoms with E-state index in [0.29, 0.717) is 19.4 Å². The molecule has 0 aliphatic carbocycles. The average Bonchev–Trinajstić information content (AvgIpc) is 2.37. The summed E-state index contributed by atoms with van der Waals surface area (Å²) in [5.74, 6) is 0. The lowest BCUT2D eigenvalue weighted by atomic mass is 9.99. The molecular formula is C12H24O7. The van der Waals surface area contributed by atoms with Crippen LogP contribution >= 0.6 is 0 Å². The molecule has 0 unspecified atom stereocenters. The molecule has 1 rings (SSSR count). The van der Waals surface area contributed by atoms with Gasteiger partial charge < -0.3 is 35.0 Å². The van der Waals surface area contributed by atoms with E-state index in [1.54, 1.807) is 6.92 Å². The van der Waals surface area contributed by atoms with Gasteiger partial charge in [-0.3, -0.25) is 0 Å². The van der Waals surface area contributed by atoms with Crippen LogP contribution in [0.3, 0.4) is 0 Å². The molecule has 1 saturated heterocycles. The highest BCUT2D eigenvalue weighted by Crippen LogP contribution is 2.22. The molecule has 19 heavy (non-hydrogen) atoms. The molecule has 1 aliphatic heterocycles. The smallest absolute Gasteiger partial charge is 0.186 e. The second-order valence-electron chi connectivity index (χ2n) is 4.91. The van der Waals surface area contributed by atoms with Crippen molar-refractivity contribution in [1.82, 2.24) is 0 Å². The minimum absolute atomic E-state index is 0.301. The summed E-state index contributed by atoms with van der Waals surface area (Å²) in [7, 11) is 0. The summed E-state index contributed by atoms with van der Waals surface area (Å²) in [4.78, 5) is 0. The molecular weight excluding hydrogens is 256 g/mol. The van der Waals surface area contributed by atoms with Crippen molar-refractivity contribution in [3.63, 3.8) is 0 Å². The lowest BCUT2D eigenvalue weighted by Crippen LogP contribution is -2.59. The van der Waals surface area contributed by atoms with Crippen molar-refractivity contribution in [3.8, 4) is 0 Å². The highest BCUT2D eigenvalue weighted by molar-refractivity contribution is 4.88. The van der Waals surface area contributed by atoms with Gasteiger partial charge in [-0.15, -0.1) is 0 Å². The minimum Gasteiger partial charge on any atom is -0.394 e. The Kier molecular flexibility index (Phi) is 7.16. The zero-order valence-electron chi connectivity index (χ0n) is 11.1. The van der Waals surface area contributed by atoms with Crippen LogP contribution in [-0.4, -0.2) is 75.6 Å². The van der Waals surface area contributed by atoms with E-state index >= 15 is 0 Å². The van der Waals surface area contributed by atoms with Crippen molar-refractivity contribution < 1.29 is 35.0 Å². The minimum atomic E-state index is -1.41. The molecule has 1 fully saturated rings. The van der Waals surface area contributed by atoms with Crippen molar-refractivity contribution in [3.05, 3.63) is 0 Å². The third-order valence-electron chi connectivity index (χ3n) is 3.15. The Balaban J connectivity index is 2.32. The molecule has 0 aromatic carbocycles. The van der Waals surface area contributed by atoms with E-state index in [-0.39, 0.29) is 6.10 Å². The number of rotatable bonds is 7. The first kappa shape index (κ1) is 16.8. The van der Waals surface area contributed by atoms with E-state index in [1.807, 2.05) is 0 Å².